The zero-order valence-corrected chi connectivity index (χ0v) is 13.5. The van der Waals surface area contributed by atoms with Crippen LogP contribution in [0, 0.1) is 11.3 Å². The maximum Gasteiger partial charge on any atom is 0.248 e. The third-order valence-corrected chi connectivity index (χ3v) is 4.08. The molecule has 2 amide bonds. The molecule has 0 aromatic rings. The zero-order chi connectivity index (χ0) is 15.2. The van der Waals surface area contributed by atoms with Gasteiger partial charge in [0.05, 0.1) is 0 Å². The van der Waals surface area contributed by atoms with E-state index in [1.165, 1.54) is 0 Å². The molecule has 1 heterocycles. The SMILES string of the molecule is CC(C)C1C(=O)NC(C)(C)C(=O)N1C(C)C(C)(C)C. The van der Waals surface area contributed by atoms with E-state index in [4.69, 9.17) is 0 Å². The van der Waals surface area contributed by atoms with E-state index in [9.17, 15) is 9.59 Å². The van der Waals surface area contributed by atoms with E-state index in [1.54, 1.807) is 18.7 Å². The molecular weight excluding hydrogens is 240 g/mol. The fraction of sp³-hybridized carbons (Fsp3) is 0.867. The van der Waals surface area contributed by atoms with Crippen molar-refractivity contribution in [3.05, 3.63) is 0 Å². The van der Waals surface area contributed by atoms with Gasteiger partial charge in [0.25, 0.3) is 0 Å². The van der Waals surface area contributed by atoms with Gasteiger partial charge in [0, 0.05) is 6.04 Å². The Kier molecular flexibility index (Phi) is 4.04. The lowest BCUT2D eigenvalue weighted by Gasteiger charge is -2.50. The first kappa shape index (κ1) is 16.0. The highest BCUT2D eigenvalue weighted by Gasteiger charge is 2.49. The average molecular weight is 268 g/mol. The third-order valence-electron chi connectivity index (χ3n) is 4.08. The maximum absolute atomic E-state index is 12.7. The van der Waals surface area contributed by atoms with Crippen LogP contribution in [0.25, 0.3) is 0 Å². The van der Waals surface area contributed by atoms with Crippen molar-refractivity contribution in [3.8, 4) is 0 Å². The van der Waals surface area contributed by atoms with Crippen molar-refractivity contribution in [3.63, 3.8) is 0 Å². The molecule has 1 aliphatic rings. The Morgan fingerprint density at radius 2 is 1.63 bits per heavy atom. The van der Waals surface area contributed by atoms with Crippen LogP contribution in [-0.2, 0) is 9.59 Å². The van der Waals surface area contributed by atoms with Crippen molar-refractivity contribution >= 4 is 11.8 Å². The van der Waals surface area contributed by atoms with Crippen LogP contribution >= 0.6 is 0 Å². The molecule has 0 aromatic heterocycles. The Bertz CT molecular complexity index is 380. The summed E-state index contributed by atoms with van der Waals surface area (Å²) in [7, 11) is 0. The number of hydrogen-bond acceptors (Lipinski definition) is 2. The van der Waals surface area contributed by atoms with E-state index in [1.807, 2.05) is 20.8 Å². The van der Waals surface area contributed by atoms with Gasteiger partial charge < -0.3 is 10.2 Å². The van der Waals surface area contributed by atoms with E-state index in [2.05, 4.69) is 26.1 Å². The molecule has 0 spiro atoms. The maximum atomic E-state index is 12.7. The highest BCUT2D eigenvalue weighted by atomic mass is 16.2. The Balaban J connectivity index is 3.25. The van der Waals surface area contributed by atoms with Crippen LogP contribution < -0.4 is 5.32 Å². The zero-order valence-electron chi connectivity index (χ0n) is 13.5. The number of nitrogens with zero attached hydrogens (tertiary/aromatic N) is 1. The monoisotopic (exact) mass is 268 g/mol. The summed E-state index contributed by atoms with van der Waals surface area (Å²) in [6.07, 6.45) is 0. The molecule has 110 valence electrons. The van der Waals surface area contributed by atoms with Gasteiger partial charge in [-0.2, -0.15) is 0 Å². The molecule has 1 fully saturated rings. The van der Waals surface area contributed by atoms with Gasteiger partial charge >= 0.3 is 0 Å². The molecule has 4 heteroatoms. The number of carbonyl (C=O) groups excluding carboxylic acids is 2. The molecule has 0 aliphatic carbocycles. The quantitative estimate of drug-likeness (QED) is 0.834. The molecule has 0 radical (unpaired) electrons. The van der Waals surface area contributed by atoms with Gasteiger partial charge in [-0.1, -0.05) is 34.6 Å². The highest BCUT2D eigenvalue weighted by molar-refractivity contribution is 5.99. The van der Waals surface area contributed by atoms with Gasteiger partial charge in [-0.05, 0) is 32.1 Å². The standard InChI is InChI=1S/C15H28N2O2/c1-9(2)11-12(18)16-15(7,8)13(19)17(11)10(3)14(4,5)6/h9-11H,1-8H3,(H,16,18). The van der Waals surface area contributed by atoms with E-state index in [0.29, 0.717) is 0 Å². The van der Waals surface area contributed by atoms with E-state index >= 15 is 0 Å². The Morgan fingerprint density at radius 3 is 2.00 bits per heavy atom. The molecule has 1 N–H and O–H groups in total. The van der Waals surface area contributed by atoms with Crippen molar-refractivity contribution in [2.75, 3.05) is 0 Å². The summed E-state index contributed by atoms with van der Waals surface area (Å²) in [6.45, 7) is 15.8. The summed E-state index contributed by atoms with van der Waals surface area (Å²) in [4.78, 5) is 26.8. The van der Waals surface area contributed by atoms with Crippen LogP contribution in [0.3, 0.4) is 0 Å². The van der Waals surface area contributed by atoms with E-state index in [0.717, 1.165) is 0 Å². The topological polar surface area (TPSA) is 49.4 Å². The van der Waals surface area contributed by atoms with Gasteiger partial charge in [0.1, 0.15) is 11.6 Å². The summed E-state index contributed by atoms with van der Waals surface area (Å²) in [6, 6.07) is -0.368. The lowest BCUT2D eigenvalue weighted by molar-refractivity contribution is -0.160. The average Bonchev–Trinajstić information content (AvgIpc) is 2.19. The number of hydrogen-bond donors (Lipinski definition) is 1. The van der Waals surface area contributed by atoms with Crippen molar-refractivity contribution < 1.29 is 9.59 Å². The third kappa shape index (κ3) is 2.93. The van der Waals surface area contributed by atoms with Gasteiger partial charge in [0.15, 0.2) is 0 Å². The van der Waals surface area contributed by atoms with Crippen LogP contribution in [0.2, 0.25) is 0 Å². The second kappa shape index (κ2) is 4.80. The molecule has 1 rings (SSSR count). The molecule has 0 aromatic carbocycles. The molecule has 19 heavy (non-hydrogen) atoms. The molecular formula is C15H28N2O2. The number of carbonyl (C=O) groups is 2. The second-order valence-corrected chi connectivity index (χ2v) is 7.56. The van der Waals surface area contributed by atoms with Crippen molar-refractivity contribution in [2.45, 2.75) is 73.0 Å². The fourth-order valence-corrected chi connectivity index (χ4v) is 2.47. The molecule has 0 saturated carbocycles. The molecule has 0 bridgehead atoms. The fourth-order valence-electron chi connectivity index (χ4n) is 2.47. The summed E-state index contributed by atoms with van der Waals surface area (Å²) < 4.78 is 0. The first-order valence-corrected chi connectivity index (χ1v) is 7.04. The summed E-state index contributed by atoms with van der Waals surface area (Å²) in [5.41, 5.74) is -0.877. The summed E-state index contributed by atoms with van der Waals surface area (Å²) in [5, 5.41) is 2.84. The normalized spacial score (nSPS) is 25.5. The highest BCUT2D eigenvalue weighted by Crippen LogP contribution is 2.32. The van der Waals surface area contributed by atoms with Gasteiger partial charge in [0.2, 0.25) is 11.8 Å². The first-order chi connectivity index (χ1) is 8.39. The predicted octanol–water partition coefficient (Wildman–Crippen LogP) is 2.18. The van der Waals surface area contributed by atoms with Crippen LogP contribution in [0.4, 0.5) is 0 Å². The predicted molar refractivity (Wildman–Crippen MR) is 76.6 cm³/mol. The largest absolute Gasteiger partial charge is 0.340 e. The minimum atomic E-state index is -0.817. The smallest absolute Gasteiger partial charge is 0.248 e. The number of nitrogens with one attached hydrogen (secondary N) is 1. The Hall–Kier alpha value is -1.06. The van der Waals surface area contributed by atoms with Gasteiger partial charge in [-0.25, -0.2) is 0 Å². The lowest BCUT2D eigenvalue weighted by Crippen LogP contribution is -2.71. The number of piperazine rings is 1. The van der Waals surface area contributed by atoms with E-state index < -0.39 is 5.54 Å². The summed E-state index contributed by atoms with van der Waals surface area (Å²) in [5.74, 6) is 0.0637. The Labute approximate surface area is 116 Å². The second-order valence-electron chi connectivity index (χ2n) is 7.56. The minimum Gasteiger partial charge on any atom is -0.340 e. The van der Waals surface area contributed by atoms with Gasteiger partial charge in [-0.15, -0.1) is 0 Å². The van der Waals surface area contributed by atoms with Crippen LogP contribution in [0.5, 0.6) is 0 Å². The van der Waals surface area contributed by atoms with Crippen molar-refractivity contribution in [1.29, 1.82) is 0 Å². The lowest BCUT2D eigenvalue weighted by atomic mass is 9.82. The van der Waals surface area contributed by atoms with Gasteiger partial charge in [-0.3, -0.25) is 9.59 Å². The molecule has 4 nitrogen and oxygen atoms in total. The van der Waals surface area contributed by atoms with Crippen molar-refractivity contribution in [1.82, 2.24) is 10.2 Å². The van der Waals surface area contributed by atoms with Crippen LogP contribution in [0.15, 0.2) is 0 Å². The van der Waals surface area contributed by atoms with Crippen LogP contribution in [-0.4, -0.2) is 34.3 Å². The summed E-state index contributed by atoms with van der Waals surface area (Å²) >= 11 is 0. The molecule has 2 unspecified atom stereocenters. The number of rotatable bonds is 2. The molecule has 1 aliphatic heterocycles. The first-order valence-electron chi connectivity index (χ1n) is 7.04. The minimum absolute atomic E-state index is 0.00762. The molecule has 2 atom stereocenters. The van der Waals surface area contributed by atoms with Crippen molar-refractivity contribution in [2.24, 2.45) is 11.3 Å². The van der Waals surface area contributed by atoms with Crippen LogP contribution in [0.1, 0.15) is 55.4 Å². The Morgan fingerprint density at radius 1 is 1.16 bits per heavy atom. The molecule has 1 saturated heterocycles. The number of amides is 2. The van der Waals surface area contributed by atoms with E-state index in [-0.39, 0.29) is 35.2 Å².